The SMILES string of the molecule is CC(C)c1ccc(NC(=O)[C@H]2NCCO[C@@H]2C)cc1. The number of amides is 1. The van der Waals surface area contributed by atoms with Gasteiger partial charge >= 0.3 is 0 Å². The van der Waals surface area contributed by atoms with Crippen molar-refractivity contribution in [1.29, 1.82) is 0 Å². The Morgan fingerprint density at radius 3 is 2.63 bits per heavy atom. The summed E-state index contributed by atoms with van der Waals surface area (Å²) in [6, 6.07) is 7.71. The molecule has 4 nitrogen and oxygen atoms in total. The van der Waals surface area contributed by atoms with Crippen LogP contribution in [0.2, 0.25) is 0 Å². The summed E-state index contributed by atoms with van der Waals surface area (Å²) in [5.41, 5.74) is 2.10. The van der Waals surface area contributed by atoms with Crippen molar-refractivity contribution >= 4 is 11.6 Å². The normalized spacial score (nSPS) is 23.4. The van der Waals surface area contributed by atoms with E-state index < -0.39 is 0 Å². The summed E-state index contributed by atoms with van der Waals surface area (Å²) in [6.07, 6.45) is -0.0938. The lowest BCUT2D eigenvalue weighted by Crippen LogP contribution is -2.53. The van der Waals surface area contributed by atoms with Crippen LogP contribution < -0.4 is 10.6 Å². The maximum Gasteiger partial charge on any atom is 0.244 e. The first-order chi connectivity index (χ1) is 9.08. The van der Waals surface area contributed by atoms with Gasteiger partial charge in [0.2, 0.25) is 5.91 Å². The van der Waals surface area contributed by atoms with Crippen LogP contribution in [0.3, 0.4) is 0 Å². The zero-order chi connectivity index (χ0) is 13.8. The molecule has 1 aromatic rings. The summed E-state index contributed by atoms with van der Waals surface area (Å²) in [6.45, 7) is 7.60. The van der Waals surface area contributed by atoms with Crippen molar-refractivity contribution in [3.05, 3.63) is 29.8 Å². The summed E-state index contributed by atoms with van der Waals surface area (Å²) < 4.78 is 5.48. The number of hydrogen-bond donors (Lipinski definition) is 2. The fraction of sp³-hybridized carbons (Fsp3) is 0.533. The lowest BCUT2D eigenvalue weighted by Gasteiger charge is -2.29. The number of hydrogen-bond acceptors (Lipinski definition) is 3. The van der Waals surface area contributed by atoms with Crippen LogP contribution in [-0.2, 0) is 9.53 Å². The van der Waals surface area contributed by atoms with Crippen LogP contribution in [0.4, 0.5) is 5.69 Å². The molecule has 2 N–H and O–H groups in total. The minimum atomic E-state index is -0.279. The fourth-order valence-electron chi connectivity index (χ4n) is 2.20. The molecule has 0 spiro atoms. The van der Waals surface area contributed by atoms with E-state index in [1.165, 1.54) is 5.56 Å². The van der Waals surface area contributed by atoms with Crippen molar-refractivity contribution in [2.45, 2.75) is 38.8 Å². The summed E-state index contributed by atoms with van der Waals surface area (Å²) >= 11 is 0. The highest BCUT2D eigenvalue weighted by molar-refractivity contribution is 5.95. The first-order valence-corrected chi connectivity index (χ1v) is 6.83. The molecule has 0 saturated carbocycles. The van der Waals surface area contributed by atoms with Gasteiger partial charge in [0.05, 0.1) is 12.7 Å². The molecule has 1 aliphatic heterocycles. The van der Waals surface area contributed by atoms with Gasteiger partial charge in [-0.1, -0.05) is 26.0 Å². The number of nitrogens with one attached hydrogen (secondary N) is 2. The highest BCUT2D eigenvalue weighted by Crippen LogP contribution is 2.17. The number of ether oxygens (including phenoxy) is 1. The number of anilines is 1. The lowest BCUT2D eigenvalue weighted by molar-refractivity contribution is -0.123. The average Bonchev–Trinajstić information content (AvgIpc) is 2.39. The van der Waals surface area contributed by atoms with Crippen LogP contribution in [-0.4, -0.2) is 31.2 Å². The molecule has 104 valence electrons. The van der Waals surface area contributed by atoms with Gasteiger partial charge in [-0.05, 0) is 30.5 Å². The van der Waals surface area contributed by atoms with Crippen LogP contribution in [0.25, 0.3) is 0 Å². The van der Waals surface area contributed by atoms with E-state index in [1.54, 1.807) is 0 Å². The van der Waals surface area contributed by atoms with Gasteiger partial charge in [0.25, 0.3) is 0 Å². The van der Waals surface area contributed by atoms with Crippen LogP contribution in [0, 0.1) is 0 Å². The highest BCUT2D eigenvalue weighted by Gasteiger charge is 2.28. The number of rotatable bonds is 3. The number of benzene rings is 1. The van der Waals surface area contributed by atoms with E-state index in [0.717, 1.165) is 5.69 Å². The molecule has 1 amide bonds. The smallest absolute Gasteiger partial charge is 0.244 e. The monoisotopic (exact) mass is 262 g/mol. The van der Waals surface area contributed by atoms with Crippen LogP contribution in [0.5, 0.6) is 0 Å². The Morgan fingerprint density at radius 2 is 2.05 bits per heavy atom. The molecule has 2 rings (SSSR count). The minimum absolute atomic E-state index is 0.0375. The highest BCUT2D eigenvalue weighted by atomic mass is 16.5. The van der Waals surface area contributed by atoms with Crippen molar-refractivity contribution in [2.75, 3.05) is 18.5 Å². The second-order valence-corrected chi connectivity index (χ2v) is 5.27. The first kappa shape index (κ1) is 14.0. The number of morpholine rings is 1. The molecular formula is C15H22N2O2. The summed E-state index contributed by atoms with van der Waals surface area (Å²) in [4.78, 5) is 12.1. The Labute approximate surface area is 114 Å². The predicted molar refractivity (Wildman–Crippen MR) is 76.4 cm³/mol. The third-order valence-corrected chi connectivity index (χ3v) is 3.44. The van der Waals surface area contributed by atoms with Gasteiger partial charge in [0.1, 0.15) is 6.04 Å². The van der Waals surface area contributed by atoms with E-state index in [1.807, 2.05) is 19.1 Å². The summed E-state index contributed by atoms with van der Waals surface area (Å²) in [5, 5.41) is 6.11. The average molecular weight is 262 g/mol. The largest absolute Gasteiger partial charge is 0.375 e. The Kier molecular flexibility index (Phi) is 4.56. The summed E-state index contributed by atoms with van der Waals surface area (Å²) in [7, 11) is 0. The first-order valence-electron chi connectivity index (χ1n) is 6.83. The molecule has 0 aliphatic carbocycles. The molecule has 0 bridgehead atoms. The second-order valence-electron chi connectivity index (χ2n) is 5.27. The predicted octanol–water partition coefficient (Wildman–Crippen LogP) is 2.13. The molecule has 19 heavy (non-hydrogen) atoms. The zero-order valence-electron chi connectivity index (χ0n) is 11.8. The Hall–Kier alpha value is -1.39. The van der Waals surface area contributed by atoms with E-state index in [2.05, 4.69) is 36.6 Å². The van der Waals surface area contributed by atoms with Gasteiger partial charge in [-0.2, -0.15) is 0 Å². The maximum atomic E-state index is 12.1. The van der Waals surface area contributed by atoms with Crippen molar-refractivity contribution < 1.29 is 9.53 Å². The van der Waals surface area contributed by atoms with Gasteiger partial charge in [0.15, 0.2) is 0 Å². The molecule has 0 radical (unpaired) electrons. The Balaban J connectivity index is 1.98. The zero-order valence-corrected chi connectivity index (χ0v) is 11.8. The number of carbonyl (C=O) groups is 1. The fourth-order valence-corrected chi connectivity index (χ4v) is 2.20. The molecule has 1 saturated heterocycles. The topological polar surface area (TPSA) is 50.4 Å². The lowest BCUT2D eigenvalue weighted by atomic mass is 10.0. The van der Waals surface area contributed by atoms with Gasteiger partial charge in [-0.3, -0.25) is 4.79 Å². The van der Waals surface area contributed by atoms with Gasteiger partial charge in [0, 0.05) is 12.2 Å². The summed E-state index contributed by atoms with van der Waals surface area (Å²) in [5.74, 6) is 0.461. The van der Waals surface area contributed by atoms with E-state index in [0.29, 0.717) is 19.1 Å². The molecule has 0 unspecified atom stereocenters. The third-order valence-electron chi connectivity index (χ3n) is 3.44. The third kappa shape index (κ3) is 3.55. The minimum Gasteiger partial charge on any atom is -0.375 e. The maximum absolute atomic E-state index is 12.1. The van der Waals surface area contributed by atoms with Crippen molar-refractivity contribution in [3.63, 3.8) is 0 Å². The molecule has 4 heteroatoms. The molecular weight excluding hydrogens is 240 g/mol. The quantitative estimate of drug-likeness (QED) is 0.877. The van der Waals surface area contributed by atoms with E-state index in [9.17, 15) is 4.79 Å². The van der Waals surface area contributed by atoms with E-state index >= 15 is 0 Å². The number of carbonyl (C=O) groups excluding carboxylic acids is 1. The van der Waals surface area contributed by atoms with E-state index in [4.69, 9.17) is 4.74 Å². The molecule has 1 aromatic carbocycles. The van der Waals surface area contributed by atoms with Crippen molar-refractivity contribution in [3.8, 4) is 0 Å². The molecule has 2 atom stereocenters. The van der Waals surface area contributed by atoms with Gasteiger partial charge < -0.3 is 15.4 Å². The van der Waals surface area contributed by atoms with Crippen molar-refractivity contribution in [1.82, 2.24) is 5.32 Å². The molecule has 1 fully saturated rings. The standard InChI is InChI=1S/C15H22N2O2/c1-10(2)12-4-6-13(7-5-12)17-15(18)14-11(3)19-9-8-16-14/h4-7,10-11,14,16H,8-9H2,1-3H3,(H,17,18)/t11-,14+/m1/s1. The van der Waals surface area contributed by atoms with Crippen molar-refractivity contribution in [2.24, 2.45) is 0 Å². The Bertz CT molecular complexity index is 428. The second kappa shape index (κ2) is 6.17. The molecule has 1 aliphatic rings. The van der Waals surface area contributed by atoms with Gasteiger partial charge in [-0.25, -0.2) is 0 Å². The Morgan fingerprint density at radius 1 is 1.37 bits per heavy atom. The van der Waals surface area contributed by atoms with Crippen LogP contribution in [0.15, 0.2) is 24.3 Å². The van der Waals surface area contributed by atoms with Crippen LogP contribution >= 0.6 is 0 Å². The van der Waals surface area contributed by atoms with Crippen LogP contribution in [0.1, 0.15) is 32.3 Å². The molecule has 1 heterocycles. The molecule has 0 aromatic heterocycles. The van der Waals surface area contributed by atoms with Gasteiger partial charge in [-0.15, -0.1) is 0 Å². The van der Waals surface area contributed by atoms with E-state index in [-0.39, 0.29) is 18.1 Å².